The number of hydrogen-bond acceptors (Lipinski definition) is 0. The number of hydrogen-bond donors (Lipinski definition) is 0. The van der Waals surface area contributed by atoms with E-state index in [2.05, 4.69) is 52.1 Å². The molecule has 0 aliphatic heterocycles. The van der Waals surface area contributed by atoms with E-state index in [1.54, 1.807) is 0 Å². The molecular formula is C10H9CrKO3+. The van der Waals surface area contributed by atoms with Crippen molar-refractivity contribution in [2.45, 2.75) is 12.8 Å². The SMILES string of the molecule is [C-]#[O+].[C-]#[O+].[C-]#[O+].[CH]1[CH][CH]CC[CH][CH]1.[Cr].[K+]. The van der Waals surface area contributed by atoms with E-state index in [0.717, 1.165) is 0 Å². The molecule has 1 aliphatic rings. The topological polar surface area (TPSA) is 59.7 Å². The average Bonchev–Trinajstić information content (AvgIpc) is 2.58. The van der Waals surface area contributed by atoms with Gasteiger partial charge in [-0.15, -0.1) is 0 Å². The molecule has 5 radical (unpaired) electrons. The Morgan fingerprint density at radius 1 is 0.667 bits per heavy atom. The van der Waals surface area contributed by atoms with E-state index in [0.29, 0.717) is 0 Å². The van der Waals surface area contributed by atoms with Crippen LogP contribution in [-0.2, 0) is 31.3 Å². The van der Waals surface area contributed by atoms with Crippen molar-refractivity contribution in [3.05, 3.63) is 52.1 Å². The Morgan fingerprint density at radius 3 is 1.20 bits per heavy atom. The monoisotopic (exact) mass is 268 g/mol. The van der Waals surface area contributed by atoms with Crippen LogP contribution < -0.4 is 51.4 Å². The Balaban J connectivity index is -0.0000000369. The molecular weight excluding hydrogens is 259 g/mol. The molecule has 1 saturated carbocycles. The van der Waals surface area contributed by atoms with Gasteiger partial charge in [0.25, 0.3) is 0 Å². The van der Waals surface area contributed by atoms with E-state index >= 15 is 0 Å². The average molecular weight is 268 g/mol. The van der Waals surface area contributed by atoms with Gasteiger partial charge in [0.15, 0.2) is 0 Å². The summed E-state index contributed by atoms with van der Waals surface area (Å²) in [6.07, 6.45) is 13.0. The van der Waals surface area contributed by atoms with Crippen LogP contribution in [0.15, 0.2) is 0 Å². The van der Waals surface area contributed by atoms with Gasteiger partial charge < -0.3 is 0 Å². The summed E-state index contributed by atoms with van der Waals surface area (Å²) in [6.45, 7) is 13.5. The second kappa shape index (κ2) is 45.3. The molecule has 0 spiro atoms. The van der Waals surface area contributed by atoms with E-state index in [1.165, 1.54) is 12.8 Å². The molecule has 0 aromatic carbocycles. The van der Waals surface area contributed by atoms with Gasteiger partial charge in [-0.3, -0.25) is 0 Å². The maximum absolute atomic E-state index is 7.50. The molecule has 0 bridgehead atoms. The fraction of sp³-hybridized carbons (Fsp3) is 0.200. The number of rotatable bonds is 0. The molecule has 0 amide bonds. The van der Waals surface area contributed by atoms with Gasteiger partial charge in [0, 0.05) is 17.4 Å². The molecule has 0 heterocycles. The molecule has 0 aromatic rings. The largest absolute Gasteiger partial charge is 1.00 e. The molecule has 0 atom stereocenters. The van der Waals surface area contributed by atoms with Crippen LogP contribution in [0.5, 0.6) is 0 Å². The minimum absolute atomic E-state index is 0. The van der Waals surface area contributed by atoms with E-state index in [4.69, 9.17) is 14.0 Å². The van der Waals surface area contributed by atoms with Gasteiger partial charge in [0.05, 0.1) is 0 Å². The Bertz CT molecular complexity index is 100. The van der Waals surface area contributed by atoms with Crippen molar-refractivity contribution < 1.29 is 82.7 Å². The van der Waals surface area contributed by atoms with Crippen molar-refractivity contribution in [2.24, 2.45) is 0 Å². The first kappa shape index (κ1) is 29.9. The van der Waals surface area contributed by atoms with Crippen molar-refractivity contribution in [1.29, 1.82) is 0 Å². The Labute approximate surface area is 145 Å². The molecule has 1 rings (SSSR count). The van der Waals surface area contributed by atoms with Crippen molar-refractivity contribution in [2.75, 3.05) is 0 Å². The van der Waals surface area contributed by atoms with E-state index < -0.39 is 0 Å². The van der Waals surface area contributed by atoms with Gasteiger partial charge in [-0.2, -0.15) is 0 Å². The normalized spacial score (nSPS) is 11.6. The summed E-state index contributed by atoms with van der Waals surface area (Å²) in [5.74, 6) is 0. The summed E-state index contributed by atoms with van der Waals surface area (Å²) in [5, 5.41) is 0. The zero-order valence-electron chi connectivity index (χ0n) is 8.43. The molecule has 1 aliphatic carbocycles. The first-order chi connectivity index (χ1) is 6.50. The van der Waals surface area contributed by atoms with Gasteiger partial charge >= 0.3 is 85.3 Å². The van der Waals surface area contributed by atoms with Crippen LogP contribution in [0.3, 0.4) is 0 Å². The van der Waals surface area contributed by atoms with Crippen LogP contribution in [-0.4, -0.2) is 0 Å². The van der Waals surface area contributed by atoms with E-state index in [-0.39, 0.29) is 68.7 Å². The Morgan fingerprint density at radius 2 is 0.933 bits per heavy atom. The molecule has 3 nitrogen and oxygen atoms in total. The second-order valence-corrected chi connectivity index (χ2v) is 1.63. The van der Waals surface area contributed by atoms with Crippen molar-refractivity contribution in [1.82, 2.24) is 0 Å². The fourth-order valence-electron chi connectivity index (χ4n) is 0.606. The Kier molecular flexibility index (Phi) is 90.3. The minimum atomic E-state index is 0. The molecule has 0 saturated heterocycles. The molecule has 5 heteroatoms. The molecule has 0 N–H and O–H groups in total. The van der Waals surface area contributed by atoms with Crippen LogP contribution in [0.2, 0.25) is 0 Å². The van der Waals surface area contributed by atoms with Crippen molar-refractivity contribution >= 4 is 0 Å². The zero-order chi connectivity index (χ0) is 10.9. The molecule has 15 heavy (non-hydrogen) atoms. The first-order valence-corrected chi connectivity index (χ1v) is 3.26. The Hall–Kier alpha value is 1.39. The molecule has 0 unspecified atom stereocenters. The van der Waals surface area contributed by atoms with Crippen molar-refractivity contribution in [3.8, 4) is 0 Å². The fourth-order valence-corrected chi connectivity index (χ4v) is 0.606. The summed E-state index contributed by atoms with van der Waals surface area (Å²) in [7, 11) is 0. The first-order valence-electron chi connectivity index (χ1n) is 3.26. The molecule has 0 aromatic heterocycles. The van der Waals surface area contributed by atoms with E-state index in [9.17, 15) is 0 Å². The maximum Gasteiger partial charge on any atom is 1.00 e. The minimum Gasteiger partial charge on any atom is -0.0496 e. The summed E-state index contributed by atoms with van der Waals surface area (Å²) in [6, 6.07) is 0. The summed E-state index contributed by atoms with van der Waals surface area (Å²) >= 11 is 0. The predicted molar refractivity (Wildman–Crippen MR) is 42.5 cm³/mol. The summed E-state index contributed by atoms with van der Waals surface area (Å²) < 4.78 is 22.5. The summed E-state index contributed by atoms with van der Waals surface area (Å²) in [5.41, 5.74) is 0. The quantitative estimate of drug-likeness (QED) is 0.227. The van der Waals surface area contributed by atoms with Crippen LogP contribution in [0, 0.1) is 52.1 Å². The van der Waals surface area contributed by atoms with Crippen LogP contribution >= 0.6 is 0 Å². The van der Waals surface area contributed by atoms with Gasteiger partial charge in [0.1, 0.15) is 0 Å². The smallest absolute Gasteiger partial charge is 0.0496 e. The van der Waals surface area contributed by atoms with Gasteiger partial charge in [-0.1, -0.05) is 0 Å². The zero-order valence-corrected chi connectivity index (χ0v) is 12.8. The third-order valence-corrected chi connectivity index (χ3v) is 0.994. The van der Waals surface area contributed by atoms with Crippen LogP contribution in [0.1, 0.15) is 12.8 Å². The van der Waals surface area contributed by atoms with Crippen LogP contribution in [0.25, 0.3) is 0 Å². The standard InChI is InChI=1S/C7H9.3CO.Cr.K/c1-2-4-6-7-5-3-1;3*1-2;;/h1-5H,6-7H2;;;;;/q;;;;;+1. The van der Waals surface area contributed by atoms with Gasteiger partial charge in [0.2, 0.25) is 0 Å². The molecule has 73 valence electrons. The maximum atomic E-state index is 7.50. The third kappa shape index (κ3) is 39.2. The van der Waals surface area contributed by atoms with Gasteiger partial charge in [-0.05, 0) is 44.9 Å². The molecule has 1 fully saturated rings. The third-order valence-electron chi connectivity index (χ3n) is 0.994. The van der Waals surface area contributed by atoms with Gasteiger partial charge in [-0.25, -0.2) is 0 Å². The second-order valence-electron chi connectivity index (χ2n) is 1.63. The summed E-state index contributed by atoms with van der Waals surface area (Å²) in [4.78, 5) is 0. The van der Waals surface area contributed by atoms with Crippen molar-refractivity contribution in [3.63, 3.8) is 0 Å². The van der Waals surface area contributed by atoms with Crippen LogP contribution in [0.4, 0.5) is 0 Å². The predicted octanol–water partition coefficient (Wildman–Crippen LogP) is -1.31. The van der Waals surface area contributed by atoms with E-state index in [1.807, 2.05) is 0 Å².